The Balaban J connectivity index is 3.20. The molecule has 0 spiro atoms. The van der Waals surface area contributed by atoms with Crippen molar-refractivity contribution < 1.29 is 9.46 Å². The zero-order chi connectivity index (χ0) is 4.28. The second kappa shape index (κ2) is 1.93. The molecule has 1 N–H and O–H groups in total. The van der Waals surface area contributed by atoms with Crippen molar-refractivity contribution in [1.29, 1.82) is 0 Å². The molecule has 0 bridgehead atoms. The summed E-state index contributed by atoms with van der Waals surface area (Å²) in [5, 5.41) is 0. The van der Waals surface area contributed by atoms with Gasteiger partial charge in [-0.1, -0.05) is 4.91 Å². The Bertz CT molecular complexity index is 57.9. The fourth-order valence-electron chi connectivity index (χ4n) is 0. The van der Waals surface area contributed by atoms with E-state index in [1.807, 2.05) is 0 Å². The number of hydrogen-bond donors (Lipinski definition) is 1. The molecule has 4 nitrogen and oxygen atoms in total. The standard InChI is InChI=1S/NO3P/c2-1-5(3)4/p+1. The lowest BCUT2D eigenvalue weighted by Gasteiger charge is -1.34. The molecule has 0 saturated heterocycles. The van der Waals surface area contributed by atoms with Crippen LogP contribution in [0, 0.1) is 4.91 Å². The van der Waals surface area contributed by atoms with Crippen LogP contribution < -0.4 is 0 Å². The summed E-state index contributed by atoms with van der Waals surface area (Å²) < 4.78 is 9.04. The molecule has 5 heteroatoms. The van der Waals surface area contributed by atoms with Gasteiger partial charge >= 0.3 is 8.18 Å². The Morgan fingerprint density at radius 3 is 2.00 bits per heavy atom. The van der Waals surface area contributed by atoms with Crippen molar-refractivity contribution in [2.24, 2.45) is 4.95 Å². The molecule has 0 aliphatic heterocycles. The van der Waals surface area contributed by atoms with Gasteiger partial charge < -0.3 is 0 Å². The zero-order valence-corrected chi connectivity index (χ0v) is 3.05. The third-order valence-corrected chi connectivity index (χ3v) is 0.210. The topological polar surface area (TPSA) is 66.7 Å². The van der Waals surface area contributed by atoms with Crippen molar-refractivity contribution in [3.8, 4) is 0 Å². The smallest absolute Gasteiger partial charge is 0.136 e. The second-order valence-corrected chi connectivity index (χ2v) is 1.00. The first-order valence-corrected chi connectivity index (χ1v) is 1.93. The van der Waals surface area contributed by atoms with Crippen LogP contribution in [0.3, 0.4) is 0 Å². The molecule has 0 aromatic rings. The van der Waals surface area contributed by atoms with Crippen molar-refractivity contribution in [2.45, 2.75) is 0 Å². The maximum atomic E-state index is 9.04. The van der Waals surface area contributed by atoms with Gasteiger partial charge in [0.15, 0.2) is 0 Å². The van der Waals surface area contributed by atoms with Gasteiger partial charge in [-0.3, -0.25) is 0 Å². The average molecular weight is 94.0 g/mol. The Hall–Kier alpha value is -0.340. The van der Waals surface area contributed by atoms with Crippen LogP contribution in [0.2, 0.25) is 0 Å². The van der Waals surface area contributed by atoms with E-state index in [0.717, 1.165) is 0 Å². The molecule has 0 radical (unpaired) electrons. The minimum atomic E-state index is -2.78. The molecule has 0 amide bonds. The fourth-order valence-corrected chi connectivity index (χ4v) is 0. The van der Waals surface area contributed by atoms with E-state index < -0.39 is 8.18 Å². The lowest BCUT2D eigenvalue weighted by atomic mass is 13.7. The predicted octanol–water partition coefficient (Wildman–Crippen LogP) is 0.403. The molecule has 1 unspecified atom stereocenters. The lowest BCUT2D eigenvalue weighted by molar-refractivity contribution is 0.504. The highest BCUT2D eigenvalue weighted by molar-refractivity contribution is 7.36. The average Bonchev–Trinajstić information content (AvgIpc) is 1.38. The van der Waals surface area contributed by atoms with E-state index in [4.69, 9.17) is 14.4 Å². The third kappa shape index (κ3) is 3.66. The number of nitrogens with zero attached hydrogens (tertiary/aromatic N) is 1. The van der Waals surface area contributed by atoms with E-state index in [1.54, 1.807) is 4.95 Å². The van der Waals surface area contributed by atoms with Crippen LogP contribution in [0.5, 0.6) is 0 Å². The zero-order valence-electron chi connectivity index (χ0n) is 2.16. The van der Waals surface area contributed by atoms with Crippen molar-refractivity contribution >= 4 is 8.18 Å². The molecule has 0 aromatic heterocycles. The Labute approximate surface area is 28.7 Å². The van der Waals surface area contributed by atoms with E-state index >= 15 is 0 Å². The van der Waals surface area contributed by atoms with Gasteiger partial charge in [-0.15, -0.1) is 4.89 Å². The van der Waals surface area contributed by atoms with Gasteiger partial charge in [-0.2, -0.15) is 0 Å². The maximum Gasteiger partial charge on any atom is 0.705 e. The first-order chi connectivity index (χ1) is 2.27. The highest BCUT2D eigenvalue weighted by Crippen LogP contribution is 2.10. The molecule has 0 aliphatic carbocycles. The highest BCUT2D eigenvalue weighted by atomic mass is 31.1. The minimum absolute atomic E-state index is 1.70. The van der Waals surface area contributed by atoms with Crippen LogP contribution in [0.1, 0.15) is 0 Å². The van der Waals surface area contributed by atoms with Crippen LogP contribution in [-0.2, 0) is 4.57 Å². The molecule has 0 saturated carbocycles. The Morgan fingerprint density at radius 2 is 2.00 bits per heavy atom. The van der Waals surface area contributed by atoms with Gasteiger partial charge in [0, 0.05) is 4.57 Å². The third-order valence-electron chi connectivity index (χ3n) is 0.0698. The van der Waals surface area contributed by atoms with Crippen LogP contribution >= 0.6 is 8.18 Å². The van der Waals surface area contributed by atoms with Crippen molar-refractivity contribution in [2.75, 3.05) is 0 Å². The van der Waals surface area contributed by atoms with Crippen LogP contribution in [0.25, 0.3) is 0 Å². The summed E-state index contributed by atoms with van der Waals surface area (Å²) in [6.07, 6.45) is 0. The van der Waals surface area contributed by atoms with Gasteiger partial charge in [0.25, 0.3) is 0 Å². The maximum absolute atomic E-state index is 9.04. The monoisotopic (exact) mass is 94.0 g/mol. The second-order valence-electron chi connectivity index (χ2n) is 0.334. The van der Waals surface area contributed by atoms with Crippen molar-refractivity contribution in [1.82, 2.24) is 0 Å². The molecule has 0 rings (SSSR count). The van der Waals surface area contributed by atoms with Gasteiger partial charge in [0.2, 0.25) is 4.95 Å². The Kier molecular flexibility index (Phi) is 1.80. The number of rotatable bonds is 1. The molecule has 28 valence electrons. The van der Waals surface area contributed by atoms with E-state index in [9.17, 15) is 0 Å². The molecule has 1 atom stereocenters. The molecular weight excluding hydrogens is 93.0 g/mol. The van der Waals surface area contributed by atoms with Crippen LogP contribution in [-0.4, -0.2) is 4.89 Å². The number of nitroso groups, excluding NO2 is 1. The van der Waals surface area contributed by atoms with Crippen molar-refractivity contribution in [3.05, 3.63) is 4.91 Å². The quantitative estimate of drug-likeness (QED) is 0.377. The van der Waals surface area contributed by atoms with Gasteiger partial charge in [-0.05, 0) is 0 Å². The largest absolute Gasteiger partial charge is 0.705 e. The summed E-state index contributed by atoms with van der Waals surface area (Å²) in [5.74, 6) is 0. The summed E-state index contributed by atoms with van der Waals surface area (Å²) in [6.45, 7) is 0. The summed E-state index contributed by atoms with van der Waals surface area (Å²) in [7, 11) is -2.78. The molecular formula is HNO3P+. The number of hydrogen-bond acceptors (Lipinski definition) is 2. The first kappa shape index (κ1) is 4.66. The van der Waals surface area contributed by atoms with E-state index in [-0.39, 0.29) is 0 Å². The van der Waals surface area contributed by atoms with Crippen LogP contribution in [0.15, 0.2) is 4.95 Å². The summed E-state index contributed by atoms with van der Waals surface area (Å²) in [4.78, 5) is 17.8. The minimum Gasteiger partial charge on any atom is -0.136 e. The molecule has 0 aliphatic rings. The highest BCUT2D eigenvalue weighted by Gasteiger charge is 2.05. The first-order valence-electron chi connectivity index (χ1n) is 0.765. The van der Waals surface area contributed by atoms with Gasteiger partial charge in [-0.25, -0.2) is 0 Å². The summed E-state index contributed by atoms with van der Waals surface area (Å²) in [6, 6.07) is 0. The lowest BCUT2D eigenvalue weighted by Crippen LogP contribution is -1.35. The van der Waals surface area contributed by atoms with Gasteiger partial charge in [0.05, 0.1) is 0 Å². The van der Waals surface area contributed by atoms with E-state index in [1.165, 1.54) is 0 Å². The van der Waals surface area contributed by atoms with Crippen LogP contribution in [0.4, 0.5) is 0 Å². The predicted molar refractivity (Wildman–Crippen MR) is 15.6 cm³/mol. The van der Waals surface area contributed by atoms with E-state index in [0.29, 0.717) is 0 Å². The SMILES string of the molecule is O=N[P+](=O)O. The fraction of sp³-hybridized carbons (Fsp3) is 0. The normalized spacial score (nSPS) is 10.2. The Morgan fingerprint density at radius 1 is 1.80 bits per heavy atom. The summed E-state index contributed by atoms with van der Waals surface area (Å²) >= 11 is 0. The molecule has 0 heterocycles. The van der Waals surface area contributed by atoms with Gasteiger partial charge in [0.1, 0.15) is 0 Å². The molecule has 5 heavy (non-hydrogen) atoms. The molecule has 0 aromatic carbocycles. The molecule has 0 fully saturated rings. The van der Waals surface area contributed by atoms with Crippen molar-refractivity contribution in [3.63, 3.8) is 0 Å². The summed E-state index contributed by atoms with van der Waals surface area (Å²) in [5.41, 5.74) is 0. The van der Waals surface area contributed by atoms with E-state index in [2.05, 4.69) is 0 Å².